The van der Waals surface area contributed by atoms with Gasteiger partial charge in [-0.2, -0.15) is 0 Å². The lowest BCUT2D eigenvalue weighted by Gasteiger charge is -2.23. The summed E-state index contributed by atoms with van der Waals surface area (Å²) in [6.07, 6.45) is 0. The average Bonchev–Trinajstić information content (AvgIpc) is 2.93. The minimum Gasteiger partial charge on any atom is -0.507 e. The maximum Gasteiger partial charge on any atom is 0.150 e. The summed E-state index contributed by atoms with van der Waals surface area (Å²) in [5.41, 5.74) is 1.71. The van der Waals surface area contributed by atoms with Crippen LogP contribution in [0.1, 0.15) is 0 Å². The van der Waals surface area contributed by atoms with Crippen molar-refractivity contribution in [3.05, 3.63) is 133 Å². The van der Waals surface area contributed by atoms with Gasteiger partial charge in [-0.1, -0.05) is 121 Å². The van der Waals surface area contributed by atoms with E-state index in [1.165, 1.54) is 0 Å². The summed E-state index contributed by atoms with van der Waals surface area (Å²) in [4.78, 5) is 0. The molecule has 0 radical (unpaired) electrons. The number of hydrogen-bond acceptors (Lipinski definition) is 2. The van der Waals surface area contributed by atoms with Crippen molar-refractivity contribution in [3.63, 3.8) is 0 Å². The highest BCUT2D eigenvalue weighted by atomic mass is 31.1. The van der Waals surface area contributed by atoms with Gasteiger partial charge in [-0.15, -0.1) is 0 Å². The minimum absolute atomic E-state index is 0.244. The predicted molar refractivity (Wildman–Crippen MR) is 148 cm³/mol. The van der Waals surface area contributed by atoms with Gasteiger partial charge >= 0.3 is 0 Å². The average molecular weight is 471 g/mol. The van der Waals surface area contributed by atoms with Gasteiger partial charge in [-0.05, 0) is 33.7 Å². The van der Waals surface area contributed by atoms with Gasteiger partial charge in [0.25, 0.3) is 0 Å². The first-order valence-corrected chi connectivity index (χ1v) is 12.9. The molecule has 0 aliphatic carbocycles. The van der Waals surface area contributed by atoms with Crippen molar-refractivity contribution in [2.24, 2.45) is 0 Å². The molecule has 6 rings (SSSR count). The van der Waals surface area contributed by atoms with Crippen LogP contribution in [0.15, 0.2) is 133 Å². The molecule has 2 nitrogen and oxygen atoms in total. The van der Waals surface area contributed by atoms with E-state index in [4.69, 9.17) is 4.52 Å². The molecule has 3 heteroatoms. The van der Waals surface area contributed by atoms with Gasteiger partial charge in [0.05, 0.1) is 0 Å². The Bertz CT molecular complexity index is 1590. The highest BCUT2D eigenvalue weighted by Crippen LogP contribution is 2.48. The third-order valence-corrected chi connectivity index (χ3v) is 8.13. The third-order valence-electron chi connectivity index (χ3n) is 6.22. The Morgan fingerprint density at radius 3 is 1.54 bits per heavy atom. The van der Waals surface area contributed by atoms with E-state index in [0.717, 1.165) is 49.0 Å². The molecule has 0 atom stereocenters. The van der Waals surface area contributed by atoms with Crippen LogP contribution < -0.4 is 15.1 Å². The molecule has 0 aliphatic rings. The molecule has 35 heavy (non-hydrogen) atoms. The Labute approximate surface area is 205 Å². The van der Waals surface area contributed by atoms with Crippen molar-refractivity contribution in [3.8, 4) is 22.6 Å². The quantitative estimate of drug-likeness (QED) is 0.261. The highest BCUT2D eigenvalue weighted by Gasteiger charge is 2.22. The predicted octanol–water partition coefficient (Wildman–Crippen LogP) is 7.79. The van der Waals surface area contributed by atoms with E-state index >= 15 is 0 Å². The van der Waals surface area contributed by atoms with Crippen LogP contribution in [0.4, 0.5) is 0 Å². The van der Waals surface area contributed by atoms with E-state index in [1.807, 2.05) is 48.5 Å². The fourth-order valence-corrected chi connectivity index (χ4v) is 6.33. The van der Waals surface area contributed by atoms with E-state index in [9.17, 15) is 5.11 Å². The fraction of sp³-hybridized carbons (Fsp3) is 0. The third kappa shape index (κ3) is 4.03. The second-order valence-corrected chi connectivity index (χ2v) is 10.2. The molecular formula is C32H23O2P. The van der Waals surface area contributed by atoms with Crippen molar-refractivity contribution in [1.29, 1.82) is 0 Å². The van der Waals surface area contributed by atoms with Crippen LogP contribution >= 0.6 is 8.15 Å². The largest absolute Gasteiger partial charge is 0.507 e. The van der Waals surface area contributed by atoms with Crippen LogP contribution in [0.2, 0.25) is 0 Å². The van der Waals surface area contributed by atoms with E-state index in [2.05, 4.69) is 78.9 Å². The van der Waals surface area contributed by atoms with Crippen LogP contribution in [-0.4, -0.2) is 5.11 Å². The second kappa shape index (κ2) is 9.25. The summed E-state index contributed by atoms with van der Waals surface area (Å²) >= 11 is 0. The molecule has 0 aliphatic heterocycles. The number of phenolic OH excluding ortho intramolecular Hbond substituents is 1. The topological polar surface area (TPSA) is 29.5 Å². The normalized spacial score (nSPS) is 11.2. The molecule has 1 N–H and O–H groups in total. The molecule has 0 bridgehead atoms. The van der Waals surface area contributed by atoms with Crippen LogP contribution in [0, 0.1) is 0 Å². The molecular weight excluding hydrogens is 447 g/mol. The number of hydrogen-bond donors (Lipinski definition) is 1. The number of phenols is 1. The van der Waals surface area contributed by atoms with Gasteiger partial charge in [0.2, 0.25) is 0 Å². The molecule has 6 aromatic carbocycles. The Morgan fingerprint density at radius 2 is 0.943 bits per heavy atom. The Balaban J connectivity index is 1.62. The number of aromatic hydroxyl groups is 1. The zero-order valence-corrected chi connectivity index (χ0v) is 19.9. The zero-order valence-electron chi connectivity index (χ0n) is 19.0. The standard InChI is InChI=1S/C32H23O2P/c33-29-21-19-23-11-7-9-17-27(23)31(29)32-28-18-10-8-12-24(28)20-22-30(32)34-35(25-13-3-1-4-14-25)26-15-5-2-6-16-26/h1-22,33H. The number of fused-ring (bicyclic) bond motifs is 2. The van der Waals surface area contributed by atoms with Crippen LogP contribution in [0.5, 0.6) is 11.5 Å². The number of rotatable bonds is 5. The maximum atomic E-state index is 11.2. The summed E-state index contributed by atoms with van der Waals surface area (Å²) in [7, 11) is -1.12. The van der Waals surface area contributed by atoms with Crippen LogP contribution in [0.3, 0.4) is 0 Å². The first-order chi connectivity index (χ1) is 17.3. The molecule has 0 saturated heterocycles. The summed E-state index contributed by atoms with van der Waals surface area (Å²) in [6.45, 7) is 0. The molecule has 0 heterocycles. The Kier molecular flexibility index (Phi) is 5.66. The highest BCUT2D eigenvalue weighted by molar-refractivity contribution is 7.68. The van der Waals surface area contributed by atoms with Gasteiger partial charge < -0.3 is 9.63 Å². The van der Waals surface area contributed by atoms with Gasteiger partial charge in [0.1, 0.15) is 11.5 Å². The Hall–Kier alpha value is -4.13. The fourth-order valence-electron chi connectivity index (χ4n) is 4.59. The van der Waals surface area contributed by atoms with Gasteiger partial charge in [-0.25, -0.2) is 0 Å². The van der Waals surface area contributed by atoms with Crippen molar-refractivity contribution in [2.75, 3.05) is 0 Å². The van der Waals surface area contributed by atoms with Crippen molar-refractivity contribution < 1.29 is 9.63 Å². The minimum atomic E-state index is -1.12. The van der Waals surface area contributed by atoms with Crippen molar-refractivity contribution in [2.45, 2.75) is 0 Å². The molecule has 0 amide bonds. The lowest BCUT2D eigenvalue weighted by Crippen LogP contribution is -2.15. The first kappa shape index (κ1) is 21.4. The zero-order chi connectivity index (χ0) is 23.6. The Morgan fingerprint density at radius 1 is 0.457 bits per heavy atom. The van der Waals surface area contributed by atoms with Crippen LogP contribution in [-0.2, 0) is 0 Å². The van der Waals surface area contributed by atoms with Crippen molar-refractivity contribution in [1.82, 2.24) is 0 Å². The summed E-state index contributed by atoms with van der Waals surface area (Å²) < 4.78 is 6.94. The summed E-state index contributed by atoms with van der Waals surface area (Å²) in [5.74, 6) is 1.00. The molecule has 0 saturated carbocycles. The number of benzene rings is 6. The smallest absolute Gasteiger partial charge is 0.150 e. The molecule has 0 aromatic heterocycles. The molecule has 168 valence electrons. The van der Waals surface area contributed by atoms with Crippen LogP contribution in [0.25, 0.3) is 32.7 Å². The summed E-state index contributed by atoms with van der Waals surface area (Å²) in [6, 6.07) is 45.1. The van der Waals surface area contributed by atoms with Gasteiger partial charge in [0.15, 0.2) is 8.15 Å². The lowest BCUT2D eigenvalue weighted by atomic mass is 9.92. The SMILES string of the molecule is Oc1ccc2ccccc2c1-c1c(OP(c2ccccc2)c2ccccc2)ccc2ccccc12. The monoisotopic (exact) mass is 470 g/mol. The van der Waals surface area contributed by atoms with E-state index in [1.54, 1.807) is 6.07 Å². The first-order valence-electron chi connectivity index (χ1n) is 11.6. The van der Waals surface area contributed by atoms with E-state index in [-0.39, 0.29) is 5.75 Å². The summed E-state index contributed by atoms with van der Waals surface area (Å²) in [5, 5.41) is 17.7. The van der Waals surface area contributed by atoms with E-state index < -0.39 is 8.15 Å². The molecule has 0 spiro atoms. The van der Waals surface area contributed by atoms with Gasteiger partial charge in [-0.3, -0.25) is 0 Å². The van der Waals surface area contributed by atoms with E-state index in [0.29, 0.717) is 0 Å². The maximum absolute atomic E-state index is 11.2. The lowest BCUT2D eigenvalue weighted by molar-refractivity contribution is 0.478. The molecule has 0 fully saturated rings. The second-order valence-electron chi connectivity index (χ2n) is 8.40. The molecule has 0 unspecified atom stereocenters. The van der Waals surface area contributed by atoms with Crippen molar-refractivity contribution >= 4 is 40.3 Å². The van der Waals surface area contributed by atoms with Gasteiger partial charge in [0, 0.05) is 21.7 Å². The molecule has 6 aromatic rings.